The van der Waals surface area contributed by atoms with Crippen LogP contribution in [0.15, 0.2) is 0 Å². The molecule has 2 aliphatic heterocycles. The van der Waals surface area contributed by atoms with Gasteiger partial charge in [-0.3, -0.25) is 0 Å². The molecule has 0 aromatic carbocycles. The summed E-state index contributed by atoms with van der Waals surface area (Å²) >= 11 is 0. The Morgan fingerprint density at radius 2 is 2.55 bits per heavy atom. The zero-order valence-corrected chi connectivity index (χ0v) is 6.08. The van der Waals surface area contributed by atoms with Gasteiger partial charge in [0.25, 0.3) is 0 Å². The number of ether oxygens (including phenoxy) is 1. The summed E-state index contributed by atoms with van der Waals surface area (Å²) in [4.78, 5) is 9.82. The molecule has 0 unspecified atom stereocenters. The predicted octanol–water partition coefficient (Wildman–Crippen LogP) is 1.08. The van der Waals surface area contributed by atoms with Gasteiger partial charge in [0.05, 0.1) is 12.5 Å². The highest BCUT2D eigenvalue weighted by Gasteiger charge is 2.46. The van der Waals surface area contributed by atoms with Crippen LogP contribution in [0.4, 0.5) is 0 Å². The van der Waals surface area contributed by atoms with Crippen LogP contribution in [-0.2, 0) is 14.5 Å². The number of nitrogens with zero attached hydrogens (tertiary/aromatic N) is 1. The van der Waals surface area contributed by atoms with E-state index in [9.17, 15) is 0 Å². The van der Waals surface area contributed by atoms with E-state index in [0.717, 1.165) is 19.3 Å². The SMILES string of the molecule is N#CC[C@]12CCC[C@H](OO1)O2. The number of fused-ring (bicyclic) bond motifs is 2. The van der Waals surface area contributed by atoms with Crippen LogP contribution < -0.4 is 0 Å². The van der Waals surface area contributed by atoms with Gasteiger partial charge >= 0.3 is 0 Å². The van der Waals surface area contributed by atoms with Crippen molar-refractivity contribution in [3.8, 4) is 6.07 Å². The van der Waals surface area contributed by atoms with E-state index in [1.807, 2.05) is 6.07 Å². The van der Waals surface area contributed by atoms with Crippen LogP contribution in [0.2, 0.25) is 0 Å². The molecule has 4 nitrogen and oxygen atoms in total. The lowest BCUT2D eigenvalue weighted by atomic mass is 10.0. The highest BCUT2D eigenvalue weighted by molar-refractivity contribution is 4.87. The number of nitriles is 1. The van der Waals surface area contributed by atoms with Crippen molar-refractivity contribution in [1.82, 2.24) is 0 Å². The molecule has 4 heteroatoms. The van der Waals surface area contributed by atoms with Gasteiger partial charge in [0.2, 0.25) is 5.79 Å². The molecule has 2 heterocycles. The van der Waals surface area contributed by atoms with Crippen molar-refractivity contribution in [3.05, 3.63) is 0 Å². The Hall–Kier alpha value is -0.630. The summed E-state index contributed by atoms with van der Waals surface area (Å²) in [5, 5.41) is 8.47. The summed E-state index contributed by atoms with van der Waals surface area (Å²) in [6.45, 7) is 0. The van der Waals surface area contributed by atoms with Crippen LogP contribution in [0.3, 0.4) is 0 Å². The van der Waals surface area contributed by atoms with Crippen LogP contribution in [0.1, 0.15) is 25.7 Å². The van der Waals surface area contributed by atoms with Crippen LogP contribution >= 0.6 is 0 Å². The van der Waals surface area contributed by atoms with E-state index in [-0.39, 0.29) is 12.7 Å². The molecule has 0 aromatic rings. The number of rotatable bonds is 1. The molecule has 0 N–H and O–H groups in total. The van der Waals surface area contributed by atoms with E-state index >= 15 is 0 Å². The smallest absolute Gasteiger partial charge is 0.217 e. The van der Waals surface area contributed by atoms with Crippen molar-refractivity contribution in [2.75, 3.05) is 0 Å². The lowest BCUT2D eigenvalue weighted by Gasteiger charge is -2.25. The molecule has 2 rings (SSSR count). The summed E-state index contributed by atoms with van der Waals surface area (Å²) < 4.78 is 5.36. The Morgan fingerprint density at radius 3 is 3.36 bits per heavy atom. The fraction of sp³-hybridized carbons (Fsp3) is 0.857. The van der Waals surface area contributed by atoms with Crippen LogP contribution in [0.25, 0.3) is 0 Å². The molecule has 60 valence electrons. The van der Waals surface area contributed by atoms with Crippen molar-refractivity contribution in [3.63, 3.8) is 0 Å². The predicted molar refractivity (Wildman–Crippen MR) is 33.9 cm³/mol. The minimum atomic E-state index is -0.738. The van der Waals surface area contributed by atoms with Gasteiger partial charge in [-0.2, -0.15) is 10.1 Å². The van der Waals surface area contributed by atoms with Gasteiger partial charge in [0.15, 0.2) is 6.29 Å². The molecule has 0 spiro atoms. The molecular formula is C7H9NO3. The summed E-state index contributed by atoms with van der Waals surface area (Å²) in [5.41, 5.74) is 0. The first kappa shape index (κ1) is 7.04. The summed E-state index contributed by atoms with van der Waals surface area (Å²) in [5.74, 6) is -0.738. The first-order chi connectivity index (χ1) is 5.35. The molecule has 0 aromatic heterocycles. The first-order valence-electron chi connectivity index (χ1n) is 3.74. The molecule has 2 fully saturated rings. The lowest BCUT2D eigenvalue weighted by Crippen LogP contribution is -2.33. The van der Waals surface area contributed by atoms with Crippen molar-refractivity contribution in [1.29, 1.82) is 5.26 Å². The van der Waals surface area contributed by atoms with E-state index < -0.39 is 5.79 Å². The molecule has 2 bridgehead atoms. The summed E-state index contributed by atoms with van der Waals surface area (Å²) in [6.07, 6.45) is 2.65. The molecule has 0 aliphatic carbocycles. The van der Waals surface area contributed by atoms with Gasteiger partial charge in [-0.05, 0) is 6.42 Å². The molecule has 2 aliphatic rings. The van der Waals surface area contributed by atoms with E-state index in [2.05, 4.69) is 0 Å². The molecule has 0 radical (unpaired) electrons. The van der Waals surface area contributed by atoms with Gasteiger partial charge in [-0.1, -0.05) is 0 Å². The van der Waals surface area contributed by atoms with Crippen LogP contribution in [-0.4, -0.2) is 12.1 Å². The fourth-order valence-corrected chi connectivity index (χ4v) is 1.45. The van der Waals surface area contributed by atoms with Crippen molar-refractivity contribution < 1.29 is 14.5 Å². The maximum Gasteiger partial charge on any atom is 0.217 e. The topological polar surface area (TPSA) is 51.5 Å². The van der Waals surface area contributed by atoms with Gasteiger partial charge in [0.1, 0.15) is 0 Å². The monoisotopic (exact) mass is 155 g/mol. The van der Waals surface area contributed by atoms with E-state index in [1.54, 1.807) is 0 Å². The summed E-state index contributed by atoms with van der Waals surface area (Å²) in [7, 11) is 0. The van der Waals surface area contributed by atoms with Gasteiger partial charge < -0.3 is 4.74 Å². The van der Waals surface area contributed by atoms with E-state index in [1.165, 1.54) is 0 Å². The van der Waals surface area contributed by atoms with E-state index in [0.29, 0.717) is 0 Å². The van der Waals surface area contributed by atoms with E-state index in [4.69, 9.17) is 19.8 Å². The van der Waals surface area contributed by atoms with Gasteiger partial charge in [-0.25, -0.2) is 4.89 Å². The second-order valence-corrected chi connectivity index (χ2v) is 2.86. The highest BCUT2D eigenvalue weighted by Crippen LogP contribution is 2.38. The second-order valence-electron chi connectivity index (χ2n) is 2.86. The maximum atomic E-state index is 8.47. The van der Waals surface area contributed by atoms with Crippen molar-refractivity contribution >= 4 is 0 Å². The molecular weight excluding hydrogens is 146 g/mol. The molecule has 2 saturated heterocycles. The minimum absolute atomic E-state index is 0.239. The van der Waals surface area contributed by atoms with Crippen LogP contribution in [0.5, 0.6) is 0 Å². The molecule has 11 heavy (non-hydrogen) atoms. The highest BCUT2D eigenvalue weighted by atomic mass is 17.3. The lowest BCUT2D eigenvalue weighted by molar-refractivity contribution is -0.324. The van der Waals surface area contributed by atoms with Crippen LogP contribution in [0, 0.1) is 11.3 Å². The first-order valence-corrected chi connectivity index (χ1v) is 3.74. The Morgan fingerprint density at radius 1 is 1.64 bits per heavy atom. The average molecular weight is 155 g/mol. The Labute approximate surface area is 64.6 Å². The molecule has 0 saturated carbocycles. The third-order valence-corrected chi connectivity index (χ3v) is 2.00. The third-order valence-electron chi connectivity index (χ3n) is 2.00. The summed E-state index contributed by atoms with van der Waals surface area (Å²) in [6, 6.07) is 2.03. The van der Waals surface area contributed by atoms with Crippen molar-refractivity contribution in [2.45, 2.75) is 37.8 Å². The Kier molecular flexibility index (Phi) is 1.57. The quantitative estimate of drug-likeness (QED) is 0.532. The Bertz CT molecular complexity index is 196. The second kappa shape index (κ2) is 2.45. The normalized spacial score (nSPS) is 41.9. The zero-order chi connectivity index (χ0) is 7.73. The number of hydrogen-bond acceptors (Lipinski definition) is 4. The third kappa shape index (κ3) is 1.11. The van der Waals surface area contributed by atoms with Gasteiger partial charge in [-0.15, -0.1) is 0 Å². The average Bonchev–Trinajstić information content (AvgIpc) is 2.28. The molecule has 0 amide bonds. The number of hydrogen-bond donors (Lipinski definition) is 0. The fourth-order valence-electron chi connectivity index (χ4n) is 1.45. The largest absolute Gasteiger partial charge is 0.314 e. The van der Waals surface area contributed by atoms with Gasteiger partial charge in [0, 0.05) is 12.8 Å². The molecule has 2 atom stereocenters. The zero-order valence-electron chi connectivity index (χ0n) is 6.08. The maximum absolute atomic E-state index is 8.47. The Balaban J connectivity index is 2.08. The minimum Gasteiger partial charge on any atom is -0.314 e. The standard InChI is InChI=1S/C7H9NO3/c8-5-4-7-3-1-2-6(9-7)10-11-7/h6H,1-4H2/t6-,7-/m0/s1. The van der Waals surface area contributed by atoms with Crippen molar-refractivity contribution in [2.24, 2.45) is 0 Å².